The minimum absolute atomic E-state index is 0.0845. The van der Waals surface area contributed by atoms with Crippen LogP contribution in [0.5, 0.6) is 11.5 Å². The normalized spacial score (nSPS) is 16.4. The highest BCUT2D eigenvalue weighted by molar-refractivity contribution is 5.90. The summed E-state index contributed by atoms with van der Waals surface area (Å²) in [5.74, 6) is 0.259. The fourth-order valence-corrected chi connectivity index (χ4v) is 4.63. The van der Waals surface area contributed by atoms with Crippen molar-refractivity contribution in [2.45, 2.75) is 57.8 Å². The van der Waals surface area contributed by atoms with E-state index in [0.717, 1.165) is 18.4 Å². The predicted octanol–water partition coefficient (Wildman–Crippen LogP) is 3.11. The molecular weight excluding hydrogens is 474 g/mol. The van der Waals surface area contributed by atoms with Gasteiger partial charge in [0.15, 0.2) is 11.5 Å². The Bertz CT molecular complexity index is 1250. The summed E-state index contributed by atoms with van der Waals surface area (Å²) in [5.41, 5.74) is 1.43. The van der Waals surface area contributed by atoms with Crippen molar-refractivity contribution in [3.05, 3.63) is 48.0 Å². The molecule has 1 aliphatic rings. The Hall–Kier alpha value is -3.66. The predicted molar refractivity (Wildman–Crippen MR) is 138 cm³/mol. The van der Waals surface area contributed by atoms with Crippen LogP contribution >= 0.6 is 0 Å². The first-order valence-electron chi connectivity index (χ1n) is 12.4. The number of nitrogens with zero attached hydrogens (tertiary/aromatic N) is 4. The van der Waals surface area contributed by atoms with Crippen LogP contribution in [0.4, 0.5) is 0 Å². The van der Waals surface area contributed by atoms with Gasteiger partial charge in [-0.1, -0.05) is 29.5 Å². The maximum Gasteiger partial charge on any atom is 0.247 e. The van der Waals surface area contributed by atoms with Crippen LogP contribution in [-0.4, -0.2) is 70.7 Å². The Labute approximate surface area is 216 Å². The molecule has 0 radical (unpaired) electrons. The molecule has 2 aromatic carbocycles. The molecule has 2 unspecified atom stereocenters. The molecule has 1 N–H and O–H groups in total. The first-order chi connectivity index (χ1) is 17.7. The smallest absolute Gasteiger partial charge is 0.247 e. The Morgan fingerprint density at radius 3 is 2.62 bits per heavy atom. The number of methoxy groups -OCH3 is 2. The summed E-state index contributed by atoms with van der Waals surface area (Å²) in [5, 5.41) is 11.4. The topological polar surface area (TPSA) is 108 Å². The van der Waals surface area contributed by atoms with Gasteiger partial charge in [0, 0.05) is 24.3 Å². The average Bonchev–Trinajstić information content (AvgIpc) is 3.52. The van der Waals surface area contributed by atoms with Crippen molar-refractivity contribution in [3.8, 4) is 11.5 Å². The molecule has 2 heterocycles. The van der Waals surface area contributed by atoms with Crippen molar-refractivity contribution >= 4 is 22.8 Å². The van der Waals surface area contributed by atoms with Crippen molar-refractivity contribution in [1.82, 2.24) is 25.2 Å². The Morgan fingerprint density at radius 2 is 1.95 bits per heavy atom. The maximum absolute atomic E-state index is 14.0. The van der Waals surface area contributed by atoms with E-state index >= 15 is 0 Å². The van der Waals surface area contributed by atoms with E-state index in [0.29, 0.717) is 29.2 Å². The van der Waals surface area contributed by atoms with Crippen molar-refractivity contribution < 1.29 is 23.8 Å². The minimum atomic E-state index is -0.990. The molecule has 10 heteroatoms. The number of hydrogen-bond acceptors (Lipinski definition) is 7. The molecule has 198 valence electrons. The van der Waals surface area contributed by atoms with Crippen LogP contribution in [-0.2, 0) is 20.9 Å². The largest absolute Gasteiger partial charge is 0.493 e. The highest BCUT2D eigenvalue weighted by Crippen LogP contribution is 2.38. The van der Waals surface area contributed by atoms with Crippen LogP contribution in [0, 0.1) is 0 Å². The molecule has 0 saturated carbocycles. The van der Waals surface area contributed by atoms with Gasteiger partial charge in [0.05, 0.1) is 25.8 Å². The van der Waals surface area contributed by atoms with Gasteiger partial charge in [0.2, 0.25) is 11.8 Å². The van der Waals surface area contributed by atoms with Gasteiger partial charge in [-0.05, 0) is 51.8 Å². The van der Waals surface area contributed by atoms with Gasteiger partial charge in [0.25, 0.3) is 0 Å². The molecule has 0 bridgehead atoms. The first kappa shape index (κ1) is 26.4. The van der Waals surface area contributed by atoms with Gasteiger partial charge in [-0.2, -0.15) is 0 Å². The van der Waals surface area contributed by atoms with Crippen LogP contribution in [0.3, 0.4) is 0 Å². The number of carbonyl (C=O) groups excluding carboxylic acids is 2. The highest BCUT2D eigenvalue weighted by Gasteiger charge is 2.38. The van der Waals surface area contributed by atoms with Gasteiger partial charge in [-0.25, -0.2) is 4.68 Å². The second-order valence-electron chi connectivity index (χ2n) is 10.1. The van der Waals surface area contributed by atoms with Crippen LogP contribution in [0.1, 0.15) is 45.2 Å². The molecule has 0 spiro atoms. The summed E-state index contributed by atoms with van der Waals surface area (Å²) in [6.07, 6.45) is 1.53. The third-order valence-corrected chi connectivity index (χ3v) is 6.24. The standard InChI is InChI=1S/C27H35N5O5/c1-27(2,3)28-26(34)24(19-11-8-14-22(35-4)25(19)36-5)31(16-18-10-9-15-37-18)23(33)17-32-21-13-7-6-12-20(21)29-30-32/h6-8,11-14,18,24H,9-10,15-17H2,1-5H3,(H,28,34). The van der Waals surface area contributed by atoms with Gasteiger partial charge in [0.1, 0.15) is 18.1 Å². The van der Waals surface area contributed by atoms with E-state index < -0.39 is 11.6 Å². The van der Waals surface area contributed by atoms with Crippen molar-refractivity contribution in [3.63, 3.8) is 0 Å². The molecule has 2 atom stereocenters. The molecule has 2 amide bonds. The Morgan fingerprint density at radius 1 is 1.16 bits per heavy atom. The molecular formula is C27H35N5O5. The Kier molecular flexibility index (Phi) is 7.97. The summed E-state index contributed by atoms with van der Waals surface area (Å²) in [7, 11) is 3.06. The number of fused-ring (bicyclic) bond motifs is 1. The number of rotatable bonds is 9. The van der Waals surface area contributed by atoms with E-state index in [2.05, 4.69) is 15.6 Å². The molecule has 4 rings (SSSR count). The molecule has 0 aliphatic carbocycles. The zero-order valence-corrected chi connectivity index (χ0v) is 22.1. The van der Waals surface area contributed by atoms with E-state index in [4.69, 9.17) is 14.2 Å². The van der Waals surface area contributed by atoms with E-state index in [1.807, 2.05) is 45.0 Å². The second-order valence-corrected chi connectivity index (χ2v) is 10.1. The molecule has 1 aliphatic heterocycles. The number of carbonyl (C=O) groups is 2. The van der Waals surface area contributed by atoms with Crippen molar-refractivity contribution in [1.29, 1.82) is 0 Å². The van der Waals surface area contributed by atoms with E-state index in [9.17, 15) is 9.59 Å². The quantitative estimate of drug-likeness (QED) is 0.472. The molecule has 1 aromatic heterocycles. The fraction of sp³-hybridized carbons (Fsp3) is 0.481. The number of aromatic nitrogens is 3. The van der Waals surface area contributed by atoms with E-state index in [1.54, 1.807) is 27.8 Å². The van der Waals surface area contributed by atoms with Crippen molar-refractivity contribution in [2.24, 2.45) is 0 Å². The summed E-state index contributed by atoms with van der Waals surface area (Å²) in [6, 6.07) is 11.8. The molecule has 3 aromatic rings. The lowest BCUT2D eigenvalue weighted by Crippen LogP contribution is -2.51. The van der Waals surface area contributed by atoms with Gasteiger partial charge in [-0.15, -0.1) is 5.10 Å². The number of para-hydroxylation sites is 2. The van der Waals surface area contributed by atoms with Gasteiger partial charge in [-0.3, -0.25) is 9.59 Å². The number of ether oxygens (including phenoxy) is 3. The lowest BCUT2D eigenvalue weighted by atomic mass is 9.99. The average molecular weight is 510 g/mol. The fourth-order valence-electron chi connectivity index (χ4n) is 4.63. The second kappa shape index (κ2) is 11.2. The zero-order chi connectivity index (χ0) is 26.6. The van der Waals surface area contributed by atoms with Gasteiger partial charge >= 0.3 is 0 Å². The summed E-state index contributed by atoms with van der Waals surface area (Å²) in [6.45, 7) is 6.49. The maximum atomic E-state index is 14.0. The third-order valence-electron chi connectivity index (χ3n) is 6.24. The van der Waals surface area contributed by atoms with Crippen LogP contribution in [0.15, 0.2) is 42.5 Å². The number of hydrogen-bond donors (Lipinski definition) is 1. The monoisotopic (exact) mass is 509 g/mol. The summed E-state index contributed by atoms with van der Waals surface area (Å²) in [4.78, 5) is 29.5. The first-order valence-corrected chi connectivity index (χ1v) is 12.4. The molecule has 1 fully saturated rings. The number of benzene rings is 2. The van der Waals surface area contributed by atoms with E-state index in [-0.39, 0.29) is 31.0 Å². The number of amides is 2. The van der Waals surface area contributed by atoms with Crippen molar-refractivity contribution in [2.75, 3.05) is 27.4 Å². The Balaban J connectivity index is 1.79. The third kappa shape index (κ3) is 6.02. The summed E-state index contributed by atoms with van der Waals surface area (Å²) < 4.78 is 18.6. The van der Waals surface area contributed by atoms with Gasteiger partial charge < -0.3 is 24.4 Å². The SMILES string of the molecule is COc1cccc(C(C(=O)NC(C)(C)C)N(CC2CCCO2)C(=O)Cn2nnc3ccccc32)c1OC. The molecule has 1 saturated heterocycles. The van der Waals surface area contributed by atoms with Crippen LogP contribution in [0.25, 0.3) is 11.0 Å². The highest BCUT2D eigenvalue weighted by atomic mass is 16.5. The molecule has 10 nitrogen and oxygen atoms in total. The summed E-state index contributed by atoms with van der Waals surface area (Å²) >= 11 is 0. The minimum Gasteiger partial charge on any atom is -0.493 e. The lowest BCUT2D eigenvalue weighted by Gasteiger charge is -2.35. The molecule has 37 heavy (non-hydrogen) atoms. The number of nitrogens with one attached hydrogen (secondary N) is 1. The zero-order valence-electron chi connectivity index (χ0n) is 22.1. The van der Waals surface area contributed by atoms with E-state index in [1.165, 1.54) is 14.2 Å². The lowest BCUT2D eigenvalue weighted by molar-refractivity contribution is -0.143. The van der Waals surface area contributed by atoms with Crippen LogP contribution in [0.2, 0.25) is 0 Å². The van der Waals surface area contributed by atoms with Crippen LogP contribution < -0.4 is 14.8 Å².